The van der Waals surface area contributed by atoms with Gasteiger partial charge in [-0.1, -0.05) is 59.1 Å². The van der Waals surface area contributed by atoms with Gasteiger partial charge in [-0.2, -0.15) is 0 Å². The number of isocyanates is 4. The number of benzene rings is 1. The molecule has 0 bridgehead atoms. The van der Waals surface area contributed by atoms with Crippen LogP contribution in [0.3, 0.4) is 0 Å². The maximum atomic E-state index is 10.0. The second-order valence-corrected chi connectivity index (χ2v) is 7.79. The average Bonchev–Trinajstić information content (AvgIpc) is 2.76. The second kappa shape index (κ2) is 14.2. The van der Waals surface area contributed by atoms with E-state index < -0.39 is 4.33 Å². The highest BCUT2D eigenvalue weighted by Gasteiger charge is 2.33. The van der Waals surface area contributed by atoms with Crippen LogP contribution in [-0.4, -0.2) is 41.7 Å². The minimum atomic E-state index is -1.10. The molecule has 1 aliphatic rings. The van der Waals surface area contributed by atoms with Gasteiger partial charge in [0, 0.05) is 10.9 Å². The maximum absolute atomic E-state index is 10.0. The number of rotatable bonds is 8. The largest absolute Gasteiger partial charge is 0.235 e. The lowest BCUT2D eigenvalue weighted by molar-refractivity contribution is 0.556. The molecule has 11 heteroatoms. The summed E-state index contributed by atoms with van der Waals surface area (Å²) in [5.41, 5.74) is 2.31. The Labute approximate surface area is 192 Å². The molecule has 8 nitrogen and oxygen atoms in total. The van der Waals surface area contributed by atoms with Gasteiger partial charge in [0.05, 0.1) is 26.2 Å². The number of alkyl halides is 2. The molecule has 31 heavy (non-hydrogen) atoms. The molecule has 160 valence electrons. The van der Waals surface area contributed by atoms with Crippen LogP contribution in [0.15, 0.2) is 62.0 Å². The third-order valence-corrected chi connectivity index (χ3v) is 5.04. The van der Waals surface area contributed by atoms with E-state index >= 15 is 0 Å². The van der Waals surface area contributed by atoms with Gasteiger partial charge in [-0.15, -0.1) is 0 Å². The summed E-state index contributed by atoms with van der Waals surface area (Å²) in [4.78, 5) is 53.6. The van der Waals surface area contributed by atoms with E-state index in [4.69, 9.17) is 34.8 Å². The van der Waals surface area contributed by atoms with Crippen molar-refractivity contribution in [2.75, 3.05) is 13.1 Å². The van der Waals surface area contributed by atoms with E-state index in [1.54, 1.807) is 36.4 Å². The van der Waals surface area contributed by atoms with Crippen molar-refractivity contribution in [3.8, 4) is 0 Å². The molecular formula is C20H15Cl3N4O4. The Kier molecular flexibility index (Phi) is 11.9. The molecule has 0 aromatic heterocycles. The number of hydrogen-bond donors (Lipinski definition) is 0. The normalized spacial score (nSPS) is 15.5. The van der Waals surface area contributed by atoms with Crippen molar-refractivity contribution < 1.29 is 19.2 Å². The Morgan fingerprint density at radius 1 is 0.871 bits per heavy atom. The number of allylic oxidation sites excluding steroid dienone is 1. The van der Waals surface area contributed by atoms with Gasteiger partial charge in [0.2, 0.25) is 24.3 Å². The van der Waals surface area contributed by atoms with Crippen LogP contribution in [0.25, 0.3) is 0 Å². The monoisotopic (exact) mass is 480 g/mol. The molecule has 0 N–H and O–H groups in total. The first-order valence-corrected chi connectivity index (χ1v) is 9.70. The zero-order valence-corrected chi connectivity index (χ0v) is 18.2. The Bertz CT molecular complexity index is 1030. The number of nitrogens with zero attached hydrogens (tertiary/aromatic N) is 4. The van der Waals surface area contributed by atoms with E-state index in [1.165, 1.54) is 24.3 Å². The molecule has 1 aliphatic carbocycles. The van der Waals surface area contributed by atoms with Crippen molar-refractivity contribution in [2.45, 2.75) is 17.4 Å². The summed E-state index contributed by atoms with van der Waals surface area (Å²) in [7, 11) is 0. The SMILES string of the molecule is O=C=NCC1=CC(CN=C=O)C(Cl)(Cl)C=C1.O=C=NCc1ccc(Cl)c(CN=C=O)c1. The Morgan fingerprint density at radius 2 is 1.48 bits per heavy atom. The quantitative estimate of drug-likeness (QED) is 0.317. The fourth-order valence-electron chi connectivity index (χ4n) is 2.39. The van der Waals surface area contributed by atoms with Crippen molar-refractivity contribution >= 4 is 59.1 Å². The molecular weight excluding hydrogens is 467 g/mol. The summed E-state index contributed by atoms with van der Waals surface area (Å²) in [5.74, 6) is -0.334. The Morgan fingerprint density at radius 3 is 2.13 bits per heavy atom. The van der Waals surface area contributed by atoms with Gasteiger partial charge in [0.1, 0.15) is 4.33 Å². The Hall–Kier alpha value is -2.91. The zero-order valence-electron chi connectivity index (χ0n) is 15.9. The lowest BCUT2D eigenvalue weighted by atomic mass is 9.95. The molecule has 0 saturated carbocycles. The van der Waals surface area contributed by atoms with Gasteiger partial charge in [-0.05, 0) is 28.8 Å². The van der Waals surface area contributed by atoms with Gasteiger partial charge >= 0.3 is 0 Å². The standard InChI is InChI=1S/C10H8Cl2N2O2.C10H7ClN2O2/c11-10(12)2-1-8(4-13-6-15)3-9(10)5-14-7-16;11-10-2-1-8(4-12-6-14)3-9(10)5-13-7-15/h1-3,9H,4-5H2;1-3H,4-5H2. The van der Waals surface area contributed by atoms with Gasteiger partial charge in [-0.25, -0.2) is 39.1 Å². The summed E-state index contributed by atoms with van der Waals surface area (Å²) in [6, 6.07) is 5.16. The fourth-order valence-corrected chi connectivity index (χ4v) is 2.96. The van der Waals surface area contributed by atoms with Crippen molar-refractivity contribution in [3.05, 3.63) is 58.1 Å². The second-order valence-electron chi connectivity index (χ2n) is 5.94. The molecule has 0 saturated heterocycles. The van der Waals surface area contributed by atoms with Crippen LogP contribution >= 0.6 is 34.8 Å². The molecule has 1 atom stereocenters. The third kappa shape index (κ3) is 9.63. The average molecular weight is 482 g/mol. The molecule has 1 aromatic rings. The minimum absolute atomic E-state index is 0.148. The maximum Gasteiger partial charge on any atom is 0.235 e. The molecule has 0 spiro atoms. The van der Waals surface area contributed by atoms with Crippen molar-refractivity contribution in [1.82, 2.24) is 0 Å². The summed E-state index contributed by atoms with van der Waals surface area (Å²) >= 11 is 17.9. The first kappa shape index (κ1) is 26.1. The van der Waals surface area contributed by atoms with E-state index in [-0.39, 0.29) is 32.1 Å². The van der Waals surface area contributed by atoms with E-state index in [9.17, 15) is 19.2 Å². The summed E-state index contributed by atoms with van der Waals surface area (Å²) < 4.78 is -1.10. The van der Waals surface area contributed by atoms with E-state index in [1.807, 2.05) is 0 Å². The zero-order chi connectivity index (χ0) is 23.1. The van der Waals surface area contributed by atoms with Crippen molar-refractivity contribution in [1.29, 1.82) is 0 Å². The predicted octanol–water partition coefficient (Wildman–Crippen LogP) is 3.96. The van der Waals surface area contributed by atoms with Crippen LogP contribution < -0.4 is 0 Å². The molecule has 0 heterocycles. The molecule has 0 radical (unpaired) electrons. The van der Waals surface area contributed by atoms with Crippen molar-refractivity contribution in [3.63, 3.8) is 0 Å². The minimum Gasteiger partial charge on any atom is -0.211 e. The highest BCUT2D eigenvalue weighted by Crippen LogP contribution is 2.37. The van der Waals surface area contributed by atoms with Crippen LogP contribution in [0.5, 0.6) is 0 Å². The van der Waals surface area contributed by atoms with Gasteiger partial charge in [-0.3, -0.25) is 0 Å². The fraction of sp³-hybridized carbons (Fsp3) is 0.300. The van der Waals surface area contributed by atoms with Crippen LogP contribution in [0.1, 0.15) is 11.1 Å². The molecule has 0 aliphatic heterocycles. The lowest BCUT2D eigenvalue weighted by Gasteiger charge is -2.26. The summed E-state index contributed by atoms with van der Waals surface area (Å²) in [6.45, 7) is 0.791. The third-order valence-electron chi connectivity index (χ3n) is 3.86. The van der Waals surface area contributed by atoms with Gasteiger partial charge < -0.3 is 0 Å². The topological polar surface area (TPSA) is 118 Å². The molecule has 2 rings (SSSR count). The number of carbonyl (C=O) groups excluding carboxylic acids is 4. The predicted molar refractivity (Wildman–Crippen MR) is 116 cm³/mol. The highest BCUT2D eigenvalue weighted by atomic mass is 35.5. The molecule has 1 aromatic carbocycles. The highest BCUT2D eigenvalue weighted by molar-refractivity contribution is 6.50. The van der Waals surface area contributed by atoms with Gasteiger partial charge in [0.25, 0.3) is 0 Å². The first-order chi connectivity index (χ1) is 14.9. The van der Waals surface area contributed by atoms with Crippen LogP contribution in [0.4, 0.5) is 0 Å². The van der Waals surface area contributed by atoms with E-state index in [2.05, 4.69) is 20.0 Å². The first-order valence-electron chi connectivity index (χ1n) is 8.57. The van der Waals surface area contributed by atoms with Crippen LogP contribution in [0, 0.1) is 5.92 Å². The molecule has 1 unspecified atom stereocenters. The van der Waals surface area contributed by atoms with E-state index in [0.29, 0.717) is 10.6 Å². The van der Waals surface area contributed by atoms with Crippen LogP contribution in [0.2, 0.25) is 5.02 Å². The van der Waals surface area contributed by atoms with Crippen molar-refractivity contribution in [2.24, 2.45) is 25.9 Å². The molecule has 0 fully saturated rings. The van der Waals surface area contributed by atoms with Crippen LogP contribution in [-0.2, 0) is 32.3 Å². The van der Waals surface area contributed by atoms with Gasteiger partial charge in [0.15, 0.2) is 0 Å². The number of halogens is 3. The molecule has 0 amide bonds. The summed E-state index contributed by atoms with van der Waals surface area (Å²) in [6.07, 6.45) is 10.8. The number of hydrogen-bond acceptors (Lipinski definition) is 8. The lowest BCUT2D eigenvalue weighted by Crippen LogP contribution is -2.27. The summed E-state index contributed by atoms with van der Waals surface area (Å²) in [5, 5.41) is 0.521. The Balaban J connectivity index is 0.000000311. The number of aliphatic imine (C=N–C) groups is 4. The van der Waals surface area contributed by atoms with E-state index in [0.717, 1.165) is 11.1 Å². The smallest absolute Gasteiger partial charge is 0.211 e.